The van der Waals surface area contributed by atoms with Gasteiger partial charge >= 0.3 is 0 Å². The summed E-state index contributed by atoms with van der Waals surface area (Å²) in [4.78, 5) is 6.79. The Morgan fingerprint density at radius 2 is 2.22 bits per heavy atom. The molecular formula is C15H23N5O2S. The maximum atomic E-state index is 11.6. The molecule has 126 valence electrons. The van der Waals surface area contributed by atoms with Crippen molar-refractivity contribution in [3.63, 3.8) is 0 Å². The largest absolute Gasteiger partial charge is 0.355 e. The van der Waals surface area contributed by atoms with Crippen molar-refractivity contribution >= 4 is 21.4 Å². The SMILES string of the molecule is Cc1cc2c(N3CCCC(CN(C)S(C)(=O)=O)C3)nccn2n1. The number of nitrogens with zero attached hydrogens (tertiary/aromatic N) is 5. The van der Waals surface area contributed by atoms with E-state index >= 15 is 0 Å². The fraction of sp³-hybridized carbons (Fsp3) is 0.600. The lowest BCUT2D eigenvalue weighted by Gasteiger charge is -2.35. The van der Waals surface area contributed by atoms with Crippen LogP contribution in [-0.2, 0) is 10.0 Å². The van der Waals surface area contributed by atoms with Crippen LogP contribution in [0.1, 0.15) is 18.5 Å². The van der Waals surface area contributed by atoms with Crippen molar-refractivity contribution in [3.8, 4) is 0 Å². The molecule has 0 saturated carbocycles. The monoisotopic (exact) mass is 337 g/mol. The summed E-state index contributed by atoms with van der Waals surface area (Å²) >= 11 is 0. The van der Waals surface area contributed by atoms with Crippen LogP contribution in [0, 0.1) is 12.8 Å². The quantitative estimate of drug-likeness (QED) is 0.837. The number of hydrogen-bond donors (Lipinski definition) is 0. The lowest BCUT2D eigenvalue weighted by atomic mass is 9.98. The van der Waals surface area contributed by atoms with Gasteiger partial charge in [0.1, 0.15) is 5.52 Å². The van der Waals surface area contributed by atoms with E-state index in [1.54, 1.807) is 13.2 Å². The summed E-state index contributed by atoms with van der Waals surface area (Å²) in [5.74, 6) is 1.24. The Labute approximate surface area is 137 Å². The maximum absolute atomic E-state index is 11.6. The molecule has 3 heterocycles. The van der Waals surface area contributed by atoms with E-state index in [0.717, 1.165) is 43.0 Å². The molecule has 0 N–H and O–H groups in total. The molecule has 2 aromatic heterocycles. The molecule has 0 bridgehead atoms. The zero-order chi connectivity index (χ0) is 16.6. The third-order valence-corrected chi connectivity index (χ3v) is 5.67. The van der Waals surface area contributed by atoms with Crippen molar-refractivity contribution in [2.75, 3.05) is 37.8 Å². The minimum absolute atomic E-state index is 0.314. The van der Waals surface area contributed by atoms with Crippen LogP contribution >= 0.6 is 0 Å². The summed E-state index contributed by atoms with van der Waals surface area (Å²) in [7, 11) is -1.48. The van der Waals surface area contributed by atoms with Crippen molar-refractivity contribution in [1.82, 2.24) is 18.9 Å². The Morgan fingerprint density at radius 1 is 1.43 bits per heavy atom. The second-order valence-corrected chi connectivity index (χ2v) is 8.45. The number of hydrogen-bond acceptors (Lipinski definition) is 5. The van der Waals surface area contributed by atoms with E-state index in [0.29, 0.717) is 12.5 Å². The predicted molar refractivity (Wildman–Crippen MR) is 90.1 cm³/mol. The average Bonchev–Trinajstić information content (AvgIpc) is 2.86. The van der Waals surface area contributed by atoms with Crippen LogP contribution in [0.5, 0.6) is 0 Å². The van der Waals surface area contributed by atoms with Gasteiger partial charge < -0.3 is 4.90 Å². The van der Waals surface area contributed by atoms with E-state index in [1.807, 2.05) is 23.7 Å². The number of aromatic nitrogens is 3. The van der Waals surface area contributed by atoms with E-state index in [9.17, 15) is 8.42 Å². The highest BCUT2D eigenvalue weighted by atomic mass is 32.2. The minimum Gasteiger partial charge on any atom is -0.355 e. The number of aryl methyl sites for hydroxylation is 1. The molecule has 1 aliphatic heterocycles. The maximum Gasteiger partial charge on any atom is 0.210 e. The molecule has 0 amide bonds. The number of sulfonamides is 1. The first-order valence-electron chi connectivity index (χ1n) is 7.82. The van der Waals surface area contributed by atoms with Gasteiger partial charge in [-0.25, -0.2) is 22.2 Å². The van der Waals surface area contributed by atoms with E-state index in [4.69, 9.17) is 0 Å². The first-order valence-corrected chi connectivity index (χ1v) is 9.66. The Hall–Kier alpha value is -1.67. The number of rotatable bonds is 4. The fourth-order valence-corrected chi connectivity index (χ4v) is 3.66. The third kappa shape index (κ3) is 3.48. The van der Waals surface area contributed by atoms with Crippen molar-refractivity contribution in [3.05, 3.63) is 24.2 Å². The van der Waals surface area contributed by atoms with Gasteiger partial charge in [-0.3, -0.25) is 0 Å². The molecule has 3 rings (SSSR count). The Kier molecular flexibility index (Phi) is 4.29. The standard InChI is InChI=1S/C15H23N5O2S/c1-12-9-14-15(16-6-8-20(14)17-12)19-7-4-5-13(11-19)10-18(2)23(3,21)22/h6,8-9,13H,4-5,7,10-11H2,1-3H3. The topological polar surface area (TPSA) is 70.8 Å². The molecule has 8 heteroatoms. The van der Waals surface area contributed by atoms with Gasteiger partial charge in [0.15, 0.2) is 5.82 Å². The minimum atomic E-state index is -3.13. The van der Waals surface area contributed by atoms with Gasteiger partial charge in [-0.15, -0.1) is 0 Å². The number of fused-ring (bicyclic) bond motifs is 1. The van der Waals surface area contributed by atoms with E-state index in [-0.39, 0.29) is 0 Å². The summed E-state index contributed by atoms with van der Waals surface area (Å²) in [5, 5.41) is 4.43. The molecule has 0 spiro atoms. The molecule has 1 unspecified atom stereocenters. The average molecular weight is 337 g/mol. The molecule has 0 aliphatic carbocycles. The lowest BCUT2D eigenvalue weighted by Crippen LogP contribution is -2.41. The number of anilines is 1. The van der Waals surface area contributed by atoms with Crippen LogP contribution in [0.2, 0.25) is 0 Å². The van der Waals surface area contributed by atoms with Gasteiger partial charge in [0.25, 0.3) is 0 Å². The Bertz CT molecular complexity index is 801. The molecule has 0 radical (unpaired) electrons. The molecule has 1 aliphatic rings. The molecule has 1 saturated heterocycles. The normalized spacial score (nSPS) is 19.7. The van der Waals surface area contributed by atoms with Crippen LogP contribution < -0.4 is 4.90 Å². The highest BCUT2D eigenvalue weighted by Gasteiger charge is 2.25. The van der Waals surface area contributed by atoms with Crippen molar-refractivity contribution in [2.45, 2.75) is 19.8 Å². The van der Waals surface area contributed by atoms with Crippen LogP contribution in [-0.4, -0.2) is 60.3 Å². The first-order chi connectivity index (χ1) is 10.8. The van der Waals surface area contributed by atoms with Crippen LogP contribution in [0.25, 0.3) is 5.52 Å². The fourth-order valence-electron chi connectivity index (χ4n) is 3.18. The van der Waals surface area contributed by atoms with Crippen molar-refractivity contribution in [1.29, 1.82) is 0 Å². The second-order valence-electron chi connectivity index (χ2n) is 6.36. The molecule has 1 atom stereocenters. The lowest BCUT2D eigenvalue weighted by molar-refractivity contribution is 0.336. The summed E-state index contributed by atoms with van der Waals surface area (Å²) in [5.41, 5.74) is 1.96. The Morgan fingerprint density at radius 3 is 2.96 bits per heavy atom. The first kappa shape index (κ1) is 16.2. The summed E-state index contributed by atoms with van der Waals surface area (Å²) < 4.78 is 26.5. The summed E-state index contributed by atoms with van der Waals surface area (Å²) in [6.45, 7) is 4.28. The van der Waals surface area contributed by atoms with Gasteiger partial charge in [-0.1, -0.05) is 0 Å². The predicted octanol–water partition coefficient (Wildman–Crippen LogP) is 1.15. The zero-order valence-electron chi connectivity index (χ0n) is 13.8. The summed E-state index contributed by atoms with van der Waals surface area (Å²) in [6.07, 6.45) is 6.95. The van der Waals surface area contributed by atoms with E-state index in [1.165, 1.54) is 10.6 Å². The van der Waals surface area contributed by atoms with Gasteiger partial charge in [0, 0.05) is 39.1 Å². The van der Waals surface area contributed by atoms with Crippen molar-refractivity contribution < 1.29 is 8.42 Å². The van der Waals surface area contributed by atoms with Gasteiger partial charge in [-0.2, -0.15) is 5.10 Å². The molecular weight excluding hydrogens is 314 g/mol. The Balaban J connectivity index is 1.80. The highest BCUT2D eigenvalue weighted by molar-refractivity contribution is 7.88. The smallest absolute Gasteiger partial charge is 0.210 e. The van der Waals surface area contributed by atoms with Crippen LogP contribution in [0.3, 0.4) is 0 Å². The number of piperidine rings is 1. The van der Waals surface area contributed by atoms with Gasteiger partial charge in [-0.05, 0) is 31.7 Å². The third-order valence-electron chi connectivity index (χ3n) is 4.39. The molecule has 23 heavy (non-hydrogen) atoms. The van der Waals surface area contributed by atoms with E-state index in [2.05, 4.69) is 15.0 Å². The molecule has 1 fully saturated rings. The van der Waals surface area contributed by atoms with Crippen LogP contribution in [0.15, 0.2) is 18.5 Å². The van der Waals surface area contributed by atoms with Crippen LogP contribution in [0.4, 0.5) is 5.82 Å². The van der Waals surface area contributed by atoms with Gasteiger partial charge in [0.05, 0.1) is 11.9 Å². The van der Waals surface area contributed by atoms with Crippen molar-refractivity contribution in [2.24, 2.45) is 5.92 Å². The second kappa shape index (κ2) is 6.09. The molecule has 0 aromatic carbocycles. The highest BCUT2D eigenvalue weighted by Crippen LogP contribution is 2.26. The zero-order valence-corrected chi connectivity index (χ0v) is 14.6. The molecule has 2 aromatic rings. The molecule has 7 nitrogen and oxygen atoms in total. The van der Waals surface area contributed by atoms with E-state index < -0.39 is 10.0 Å². The van der Waals surface area contributed by atoms with Gasteiger partial charge in [0.2, 0.25) is 10.0 Å². The summed E-state index contributed by atoms with van der Waals surface area (Å²) in [6, 6.07) is 2.04.